The molecule has 0 spiro atoms. The molecule has 0 unspecified atom stereocenters. The summed E-state index contributed by atoms with van der Waals surface area (Å²) in [4.78, 5) is 26.8. The van der Waals surface area contributed by atoms with E-state index in [1.807, 2.05) is 54.6 Å². The number of hydrogen-bond donors (Lipinski definition) is 0. The van der Waals surface area contributed by atoms with Crippen LogP contribution in [0.1, 0.15) is 31.8 Å². The minimum absolute atomic E-state index is 0.297. The number of methoxy groups -OCH3 is 1. The van der Waals surface area contributed by atoms with Crippen LogP contribution in [0, 0.1) is 0 Å². The second kappa shape index (κ2) is 6.92. The van der Waals surface area contributed by atoms with Crippen LogP contribution in [0.5, 0.6) is 5.75 Å². The molecule has 0 saturated carbocycles. The zero-order chi connectivity index (χ0) is 18.8. The highest BCUT2D eigenvalue weighted by molar-refractivity contribution is 6.34. The summed E-state index contributed by atoms with van der Waals surface area (Å²) in [6.07, 6.45) is 3.80. The van der Waals surface area contributed by atoms with E-state index in [0.717, 1.165) is 16.9 Å². The van der Waals surface area contributed by atoms with Crippen molar-refractivity contribution in [1.29, 1.82) is 0 Å². The molecule has 0 aliphatic carbocycles. The zero-order valence-electron chi connectivity index (χ0n) is 14.8. The van der Waals surface area contributed by atoms with Crippen molar-refractivity contribution in [3.05, 3.63) is 95.1 Å². The second-order valence-electron chi connectivity index (χ2n) is 6.13. The van der Waals surface area contributed by atoms with E-state index in [4.69, 9.17) is 4.74 Å². The number of hydrogen-bond acceptors (Lipinski definition) is 3. The summed E-state index contributed by atoms with van der Waals surface area (Å²) in [5.41, 5.74) is 3.13. The van der Waals surface area contributed by atoms with Gasteiger partial charge in [-0.2, -0.15) is 0 Å². The van der Waals surface area contributed by atoms with Gasteiger partial charge >= 0.3 is 0 Å². The maximum Gasteiger partial charge on any atom is 0.266 e. The van der Waals surface area contributed by atoms with Gasteiger partial charge in [-0.3, -0.25) is 9.59 Å². The third-order valence-corrected chi connectivity index (χ3v) is 4.55. The first-order valence-electron chi connectivity index (χ1n) is 8.58. The predicted octanol–water partition coefficient (Wildman–Crippen LogP) is 4.67. The maximum atomic E-state index is 12.8. The molecule has 0 N–H and O–H groups in total. The minimum Gasteiger partial charge on any atom is -0.496 e. The van der Waals surface area contributed by atoms with Gasteiger partial charge in [-0.1, -0.05) is 60.7 Å². The number of para-hydroxylation sites is 2. The summed E-state index contributed by atoms with van der Waals surface area (Å²) < 4.78 is 5.37. The summed E-state index contributed by atoms with van der Waals surface area (Å²) in [7, 11) is 1.62. The molecule has 4 nitrogen and oxygen atoms in total. The topological polar surface area (TPSA) is 46.6 Å². The monoisotopic (exact) mass is 355 g/mol. The molecule has 4 heteroatoms. The fourth-order valence-corrected chi connectivity index (χ4v) is 3.22. The number of rotatable bonds is 4. The van der Waals surface area contributed by atoms with Gasteiger partial charge in [-0.15, -0.1) is 0 Å². The molecular weight excluding hydrogens is 338 g/mol. The van der Waals surface area contributed by atoms with Crippen LogP contribution in [-0.4, -0.2) is 18.9 Å². The van der Waals surface area contributed by atoms with Crippen LogP contribution in [0.2, 0.25) is 0 Å². The fraction of sp³-hybridized carbons (Fsp3) is 0.0435. The van der Waals surface area contributed by atoms with Crippen molar-refractivity contribution < 1.29 is 14.3 Å². The molecule has 27 heavy (non-hydrogen) atoms. The van der Waals surface area contributed by atoms with E-state index in [1.165, 1.54) is 4.90 Å². The van der Waals surface area contributed by atoms with E-state index in [1.54, 1.807) is 37.4 Å². The average molecular weight is 355 g/mol. The van der Waals surface area contributed by atoms with E-state index in [-0.39, 0.29) is 11.8 Å². The SMILES string of the molecule is COc1ccccc1/C=C/c1ccccc1N1C(=O)c2ccccc2C1=O. The van der Waals surface area contributed by atoms with Crippen molar-refractivity contribution in [1.82, 2.24) is 0 Å². The number of ether oxygens (including phenoxy) is 1. The van der Waals surface area contributed by atoms with Crippen LogP contribution < -0.4 is 9.64 Å². The molecule has 0 saturated heterocycles. The summed E-state index contributed by atoms with van der Waals surface area (Å²) in [6, 6.07) is 21.9. The van der Waals surface area contributed by atoms with Crippen LogP contribution in [-0.2, 0) is 0 Å². The Balaban J connectivity index is 1.74. The van der Waals surface area contributed by atoms with Crippen LogP contribution >= 0.6 is 0 Å². The molecule has 3 aromatic carbocycles. The van der Waals surface area contributed by atoms with Crippen molar-refractivity contribution in [2.45, 2.75) is 0 Å². The Labute approximate surface area is 157 Å². The lowest BCUT2D eigenvalue weighted by atomic mass is 10.1. The van der Waals surface area contributed by atoms with Gasteiger partial charge in [0, 0.05) is 5.56 Å². The van der Waals surface area contributed by atoms with E-state index in [9.17, 15) is 9.59 Å². The van der Waals surface area contributed by atoms with Crippen LogP contribution in [0.25, 0.3) is 12.2 Å². The number of imide groups is 1. The van der Waals surface area contributed by atoms with E-state index >= 15 is 0 Å². The van der Waals surface area contributed by atoms with Gasteiger partial charge in [-0.25, -0.2) is 4.90 Å². The van der Waals surface area contributed by atoms with Gasteiger partial charge in [0.15, 0.2) is 0 Å². The lowest BCUT2D eigenvalue weighted by Crippen LogP contribution is -2.29. The van der Waals surface area contributed by atoms with Crippen molar-refractivity contribution in [2.75, 3.05) is 12.0 Å². The molecule has 0 atom stereocenters. The summed E-state index contributed by atoms with van der Waals surface area (Å²) in [5, 5.41) is 0. The maximum absolute atomic E-state index is 12.8. The third-order valence-electron chi connectivity index (χ3n) is 4.55. The van der Waals surface area contributed by atoms with Crippen molar-refractivity contribution >= 4 is 29.7 Å². The normalized spacial score (nSPS) is 13.3. The van der Waals surface area contributed by atoms with Gasteiger partial charge in [0.05, 0.1) is 23.9 Å². The largest absolute Gasteiger partial charge is 0.496 e. The molecular formula is C23H17NO3. The van der Waals surface area contributed by atoms with Crippen LogP contribution in [0.4, 0.5) is 5.69 Å². The quantitative estimate of drug-likeness (QED) is 0.505. The highest BCUT2D eigenvalue weighted by atomic mass is 16.5. The van der Waals surface area contributed by atoms with Gasteiger partial charge < -0.3 is 4.74 Å². The number of anilines is 1. The van der Waals surface area contributed by atoms with E-state index < -0.39 is 0 Å². The second-order valence-corrected chi connectivity index (χ2v) is 6.13. The molecule has 0 bridgehead atoms. The lowest BCUT2D eigenvalue weighted by Gasteiger charge is -2.16. The Hall–Kier alpha value is -3.66. The minimum atomic E-state index is -0.297. The lowest BCUT2D eigenvalue weighted by molar-refractivity contribution is 0.0926. The number of amides is 2. The first kappa shape index (κ1) is 16.8. The zero-order valence-corrected chi connectivity index (χ0v) is 14.8. The molecule has 132 valence electrons. The smallest absolute Gasteiger partial charge is 0.266 e. The van der Waals surface area contributed by atoms with Crippen molar-refractivity contribution in [3.63, 3.8) is 0 Å². The standard InChI is InChI=1S/C23H17NO3/c1-27-21-13-7-3-9-17(21)15-14-16-8-2-6-12-20(16)24-22(25)18-10-4-5-11-19(18)23(24)26/h2-15H,1H3/b15-14+. The van der Waals surface area contributed by atoms with Gasteiger partial charge in [0.1, 0.15) is 5.75 Å². The summed E-state index contributed by atoms with van der Waals surface area (Å²) >= 11 is 0. The molecule has 1 aliphatic rings. The molecule has 1 aliphatic heterocycles. The van der Waals surface area contributed by atoms with Gasteiger partial charge in [0.2, 0.25) is 0 Å². The van der Waals surface area contributed by atoms with E-state index in [0.29, 0.717) is 16.8 Å². The predicted molar refractivity (Wildman–Crippen MR) is 106 cm³/mol. The highest BCUT2D eigenvalue weighted by Gasteiger charge is 2.36. The molecule has 2 amide bonds. The summed E-state index contributed by atoms with van der Waals surface area (Å²) in [6.45, 7) is 0. The van der Waals surface area contributed by atoms with Crippen molar-refractivity contribution in [2.24, 2.45) is 0 Å². The van der Waals surface area contributed by atoms with Gasteiger partial charge in [0.25, 0.3) is 11.8 Å². The number of benzene rings is 3. The third kappa shape index (κ3) is 2.91. The Morgan fingerprint density at radius 1 is 0.704 bits per heavy atom. The molecule has 0 aromatic heterocycles. The molecule has 0 radical (unpaired) electrons. The van der Waals surface area contributed by atoms with Crippen LogP contribution in [0.3, 0.4) is 0 Å². The van der Waals surface area contributed by atoms with Crippen LogP contribution in [0.15, 0.2) is 72.8 Å². The average Bonchev–Trinajstić information content (AvgIpc) is 2.97. The number of fused-ring (bicyclic) bond motifs is 1. The molecule has 0 fully saturated rings. The van der Waals surface area contributed by atoms with Gasteiger partial charge in [-0.05, 0) is 29.8 Å². The number of nitrogens with zero attached hydrogens (tertiary/aromatic N) is 1. The van der Waals surface area contributed by atoms with E-state index in [2.05, 4.69) is 0 Å². The first-order valence-corrected chi connectivity index (χ1v) is 8.58. The Kier molecular flexibility index (Phi) is 4.30. The summed E-state index contributed by atoms with van der Waals surface area (Å²) in [5.74, 6) is 0.162. The Morgan fingerprint density at radius 3 is 1.89 bits per heavy atom. The number of carbonyl (C=O) groups is 2. The fourth-order valence-electron chi connectivity index (χ4n) is 3.22. The van der Waals surface area contributed by atoms with Crippen molar-refractivity contribution in [3.8, 4) is 5.75 Å². The molecule has 1 heterocycles. The Bertz CT molecular complexity index is 1030. The molecule has 4 rings (SSSR count). The molecule has 3 aromatic rings. The highest BCUT2D eigenvalue weighted by Crippen LogP contribution is 2.32. The first-order chi connectivity index (χ1) is 13.2. The number of carbonyl (C=O) groups excluding carboxylic acids is 2. The Morgan fingerprint density at radius 2 is 1.22 bits per heavy atom.